The van der Waals surface area contributed by atoms with E-state index >= 15 is 0 Å². The Labute approximate surface area is 207 Å². The highest BCUT2D eigenvalue weighted by molar-refractivity contribution is 9.10. The molecule has 0 radical (unpaired) electrons. The summed E-state index contributed by atoms with van der Waals surface area (Å²) in [4.78, 5) is 10.9. The Bertz CT molecular complexity index is 1590. The van der Waals surface area contributed by atoms with Crippen molar-refractivity contribution >= 4 is 27.3 Å². The smallest absolute Gasteiger partial charge is 0.382 e. The van der Waals surface area contributed by atoms with E-state index in [0.29, 0.717) is 26.8 Å². The normalized spacial score (nSPS) is 12.9. The summed E-state index contributed by atoms with van der Waals surface area (Å²) < 4.78 is 69.7. The minimum absolute atomic E-state index is 0.0584. The summed E-state index contributed by atoms with van der Waals surface area (Å²) in [7, 11) is 0. The van der Waals surface area contributed by atoms with Crippen LogP contribution in [-0.4, -0.2) is 34.3 Å². The van der Waals surface area contributed by atoms with Gasteiger partial charge in [0.2, 0.25) is 5.82 Å². The van der Waals surface area contributed by atoms with E-state index in [0.717, 1.165) is 24.5 Å². The van der Waals surface area contributed by atoms with Crippen molar-refractivity contribution in [2.45, 2.75) is 19.0 Å². The van der Waals surface area contributed by atoms with Gasteiger partial charge < -0.3 is 5.73 Å². The lowest BCUT2D eigenvalue weighted by atomic mass is 10.0. The zero-order valence-corrected chi connectivity index (χ0v) is 19.8. The van der Waals surface area contributed by atoms with E-state index in [1.165, 1.54) is 27.8 Å². The molecule has 5 rings (SSSR count). The number of hydrogen-bond acceptors (Lipinski definition) is 6. The molecule has 36 heavy (non-hydrogen) atoms. The monoisotopic (exact) mass is 564 g/mol. The fraction of sp³-hybridized carbons (Fsp3) is 0.136. The van der Waals surface area contributed by atoms with Gasteiger partial charge in [0.05, 0.1) is 11.9 Å². The van der Waals surface area contributed by atoms with Gasteiger partial charge in [0.1, 0.15) is 23.3 Å². The van der Waals surface area contributed by atoms with Crippen LogP contribution in [0.25, 0.3) is 22.3 Å². The summed E-state index contributed by atoms with van der Waals surface area (Å²) in [5.41, 5.74) is 8.40. The van der Waals surface area contributed by atoms with Gasteiger partial charge in [0, 0.05) is 46.2 Å². The van der Waals surface area contributed by atoms with Gasteiger partial charge in [-0.3, -0.25) is 0 Å². The number of halogens is 6. The predicted molar refractivity (Wildman–Crippen MR) is 122 cm³/mol. The number of hydrogen-bond donors (Lipinski definition) is 1. The molecule has 1 aromatic carbocycles. The van der Waals surface area contributed by atoms with E-state index in [2.05, 4.69) is 41.1 Å². The number of nitrogens with two attached hydrogens (primary N) is 1. The highest BCUT2D eigenvalue weighted by atomic mass is 79.9. The van der Waals surface area contributed by atoms with Crippen LogP contribution in [0.2, 0.25) is 0 Å². The maximum absolute atomic E-state index is 14.3. The van der Waals surface area contributed by atoms with E-state index in [4.69, 9.17) is 5.73 Å². The zero-order valence-electron chi connectivity index (χ0n) is 18.2. The number of anilines is 1. The Kier molecular flexibility index (Phi) is 5.70. The van der Waals surface area contributed by atoms with Crippen molar-refractivity contribution in [3.63, 3.8) is 0 Å². The van der Waals surface area contributed by atoms with Crippen molar-refractivity contribution in [1.29, 1.82) is 0 Å². The van der Waals surface area contributed by atoms with Gasteiger partial charge in [0.25, 0.3) is 0 Å². The van der Waals surface area contributed by atoms with Crippen molar-refractivity contribution in [2.24, 2.45) is 0 Å². The zero-order chi connectivity index (χ0) is 25.8. The second kappa shape index (κ2) is 8.62. The van der Waals surface area contributed by atoms with Crippen molar-refractivity contribution < 1.29 is 22.0 Å². The number of rotatable bonds is 4. The third-order valence-electron chi connectivity index (χ3n) is 5.59. The molecule has 0 spiro atoms. The maximum Gasteiger partial charge on any atom is 0.451 e. The Hall–Kier alpha value is -3.94. The molecule has 4 aromatic heterocycles. The molecule has 0 bridgehead atoms. The molecule has 0 aliphatic carbocycles. The molecule has 184 valence electrons. The summed E-state index contributed by atoms with van der Waals surface area (Å²) in [6.07, 6.45) is 1.75. The molecule has 8 nitrogen and oxygen atoms in total. The quantitative estimate of drug-likeness (QED) is 0.302. The van der Waals surface area contributed by atoms with Gasteiger partial charge in [-0.15, -0.1) is 0 Å². The molecule has 0 fully saturated rings. The lowest BCUT2D eigenvalue weighted by Gasteiger charge is -2.10. The third kappa shape index (κ3) is 3.96. The molecular formula is C22H14BrF5N8. The Balaban J connectivity index is 1.63. The molecule has 14 heteroatoms. The Morgan fingerprint density at radius 2 is 1.75 bits per heavy atom. The van der Waals surface area contributed by atoms with E-state index in [-0.39, 0.29) is 17.1 Å². The van der Waals surface area contributed by atoms with Gasteiger partial charge >= 0.3 is 6.18 Å². The van der Waals surface area contributed by atoms with Crippen LogP contribution < -0.4 is 5.73 Å². The van der Waals surface area contributed by atoms with Crippen molar-refractivity contribution in [2.75, 3.05) is 5.73 Å². The molecule has 2 N–H and O–H groups in total. The minimum atomic E-state index is -4.69. The second-order valence-electron chi connectivity index (χ2n) is 7.81. The molecule has 1 unspecified atom stereocenters. The van der Waals surface area contributed by atoms with Gasteiger partial charge in [-0.2, -0.15) is 23.4 Å². The van der Waals surface area contributed by atoms with Gasteiger partial charge in [-0.05, 0) is 33.6 Å². The van der Waals surface area contributed by atoms with Crippen LogP contribution in [0.3, 0.4) is 0 Å². The molecule has 4 heterocycles. The fourth-order valence-corrected chi connectivity index (χ4v) is 4.79. The molecule has 0 aliphatic rings. The SMILES string of the molecule is CC(c1cnn(-c2ccc(F)cc2F)c1)c1c(Br)c(-c2cnc(C(F)(F)F)nc2)c2c(N)ncnn12. The summed E-state index contributed by atoms with van der Waals surface area (Å²) in [6, 6.07) is 3.15. The molecule has 0 saturated heterocycles. The summed E-state index contributed by atoms with van der Waals surface area (Å²) in [5, 5.41) is 8.48. The first-order chi connectivity index (χ1) is 17.1. The Morgan fingerprint density at radius 3 is 2.42 bits per heavy atom. The summed E-state index contributed by atoms with van der Waals surface area (Å²) in [6.45, 7) is 1.83. The number of benzene rings is 1. The maximum atomic E-state index is 14.3. The number of fused-ring (bicyclic) bond motifs is 1. The lowest BCUT2D eigenvalue weighted by molar-refractivity contribution is -0.144. The number of nitrogen functional groups attached to an aromatic ring is 1. The second-order valence-corrected chi connectivity index (χ2v) is 8.60. The van der Waals surface area contributed by atoms with Gasteiger partial charge in [-0.1, -0.05) is 6.92 Å². The number of alkyl halides is 3. The van der Waals surface area contributed by atoms with E-state index in [9.17, 15) is 22.0 Å². The van der Waals surface area contributed by atoms with Crippen LogP contribution in [0.5, 0.6) is 0 Å². The predicted octanol–water partition coefficient (Wildman–Crippen LogP) is 5.17. The molecule has 0 saturated carbocycles. The Morgan fingerprint density at radius 1 is 1.03 bits per heavy atom. The van der Waals surface area contributed by atoms with Crippen molar-refractivity contribution in [1.82, 2.24) is 34.3 Å². The first kappa shape index (κ1) is 23.8. The lowest BCUT2D eigenvalue weighted by Crippen LogP contribution is -2.10. The summed E-state index contributed by atoms with van der Waals surface area (Å²) in [5.74, 6) is -3.09. The van der Waals surface area contributed by atoms with E-state index in [1.54, 1.807) is 6.20 Å². The molecular weight excluding hydrogens is 551 g/mol. The van der Waals surface area contributed by atoms with Crippen LogP contribution in [0.15, 0.2) is 53.8 Å². The number of nitrogens with zero attached hydrogens (tertiary/aromatic N) is 7. The van der Waals surface area contributed by atoms with Crippen LogP contribution >= 0.6 is 15.9 Å². The van der Waals surface area contributed by atoms with E-state index in [1.807, 2.05) is 6.92 Å². The van der Waals surface area contributed by atoms with Crippen molar-refractivity contribution in [3.8, 4) is 16.8 Å². The minimum Gasteiger partial charge on any atom is -0.382 e. The average Bonchev–Trinajstić information content (AvgIpc) is 3.42. The van der Waals surface area contributed by atoms with Crippen molar-refractivity contribution in [3.05, 3.63) is 82.5 Å². The van der Waals surface area contributed by atoms with Gasteiger partial charge in [0.15, 0.2) is 11.6 Å². The van der Waals surface area contributed by atoms with Gasteiger partial charge in [-0.25, -0.2) is 32.9 Å². The summed E-state index contributed by atoms with van der Waals surface area (Å²) >= 11 is 3.54. The van der Waals surface area contributed by atoms with Crippen LogP contribution in [0.4, 0.5) is 27.8 Å². The standard InChI is InChI=1S/C22H14BrF5N8/c1-10(12-7-33-35(8-12)15-3-2-13(24)4-14(15)25)18-17(23)16(19-20(29)32-9-34-36(18)19)11-5-30-21(31-6-11)22(26,27)28/h2-10H,1H3,(H2,29,32,34). The third-order valence-corrected chi connectivity index (χ3v) is 6.39. The topological polar surface area (TPSA) is 99.8 Å². The van der Waals surface area contributed by atoms with E-state index < -0.39 is 29.6 Å². The highest BCUT2D eigenvalue weighted by Crippen LogP contribution is 2.43. The average molecular weight is 565 g/mol. The highest BCUT2D eigenvalue weighted by Gasteiger charge is 2.35. The molecule has 0 amide bonds. The van der Waals surface area contributed by atoms with Crippen LogP contribution in [0.1, 0.15) is 29.9 Å². The largest absolute Gasteiger partial charge is 0.451 e. The number of aromatic nitrogens is 7. The molecule has 1 atom stereocenters. The molecule has 5 aromatic rings. The first-order valence-electron chi connectivity index (χ1n) is 10.3. The molecule has 0 aliphatic heterocycles. The fourth-order valence-electron chi connectivity index (χ4n) is 3.87. The van der Waals surface area contributed by atoms with Crippen LogP contribution in [-0.2, 0) is 6.18 Å². The first-order valence-corrected chi connectivity index (χ1v) is 11.1. The van der Waals surface area contributed by atoms with Crippen LogP contribution in [0, 0.1) is 11.6 Å².